The van der Waals surface area contributed by atoms with Crippen LogP contribution in [-0.4, -0.2) is 79.4 Å². The minimum Gasteiger partial charge on any atom is -0.493 e. The number of nitrogens with zero attached hydrogens (tertiary/aromatic N) is 4. The zero-order valence-corrected chi connectivity index (χ0v) is 22.4. The Morgan fingerprint density at radius 3 is 2.36 bits per heavy atom. The van der Waals surface area contributed by atoms with Crippen LogP contribution >= 0.6 is 0 Å². The number of methoxy groups -OCH3 is 2. The number of hydrogen-bond acceptors (Lipinski definition) is 8. The maximum absolute atomic E-state index is 13.5. The van der Waals surface area contributed by atoms with E-state index in [2.05, 4.69) is 15.1 Å². The zero-order chi connectivity index (χ0) is 26.3. The number of H-pyrrole nitrogens is 1. The number of ether oxygens (including phenoxy) is 3. The maximum atomic E-state index is 13.5. The first kappa shape index (κ1) is 27.8. The molecule has 0 aliphatic heterocycles. The third-order valence-electron chi connectivity index (χ3n) is 5.68. The fourth-order valence-corrected chi connectivity index (χ4v) is 5.35. The largest absolute Gasteiger partial charge is 0.493 e. The Kier molecular flexibility index (Phi) is 9.60. The van der Waals surface area contributed by atoms with Crippen LogP contribution in [0.4, 0.5) is 0 Å². The number of aromatic amines is 1. The highest BCUT2D eigenvalue weighted by atomic mass is 32.2. The molecule has 0 amide bonds. The first-order valence-electron chi connectivity index (χ1n) is 12.1. The van der Waals surface area contributed by atoms with E-state index < -0.39 is 10.0 Å². The second-order valence-corrected chi connectivity index (χ2v) is 10.1. The summed E-state index contributed by atoms with van der Waals surface area (Å²) in [5.41, 5.74) is 1.09. The summed E-state index contributed by atoms with van der Waals surface area (Å²) >= 11 is 0. The third kappa shape index (κ3) is 5.77. The minimum absolute atomic E-state index is 0.0459. The van der Waals surface area contributed by atoms with E-state index in [9.17, 15) is 13.2 Å². The Morgan fingerprint density at radius 2 is 1.78 bits per heavy atom. The van der Waals surface area contributed by atoms with E-state index in [1.165, 1.54) is 30.7 Å². The Balaban J connectivity index is 2.19. The van der Waals surface area contributed by atoms with E-state index in [1.54, 1.807) is 10.6 Å². The number of imidazole rings is 1. The normalized spacial score (nSPS) is 12.1. The molecule has 0 saturated heterocycles. The maximum Gasteiger partial charge on any atom is 0.277 e. The summed E-state index contributed by atoms with van der Waals surface area (Å²) in [5.74, 6) is 1.29. The van der Waals surface area contributed by atoms with Crippen LogP contribution in [0.15, 0.2) is 27.9 Å². The lowest BCUT2D eigenvalue weighted by Crippen LogP contribution is -2.36. The number of hydrogen-bond donors (Lipinski definition) is 1. The molecule has 0 unspecified atom stereocenters. The molecule has 36 heavy (non-hydrogen) atoms. The Bertz CT molecular complexity index is 1330. The summed E-state index contributed by atoms with van der Waals surface area (Å²) in [6, 6.07) is 4.55. The van der Waals surface area contributed by atoms with E-state index in [4.69, 9.17) is 14.2 Å². The van der Waals surface area contributed by atoms with E-state index in [1.807, 2.05) is 20.8 Å². The number of sulfonamides is 1. The van der Waals surface area contributed by atoms with Gasteiger partial charge in [-0.05, 0) is 38.0 Å². The average Bonchev–Trinajstić information content (AvgIpc) is 3.22. The second kappa shape index (κ2) is 12.4. The molecule has 3 aromatic rings. The van der Waals surface area contributed by atoms with Gasteiger partial charge in [-0.25, -0.2) is 17.9 Å². The SMILES string of the molecule is CCCc1nc(CC)c2c(=O)[nH]c(-c3cc(S(=O)(=O)N(CCOC)CCOC)ccc3OCC)nn12. The molecule has 2 heterocycles. The molecule has 0 spiro atoms. The summed E-state index contributed by atoms with van der Waals surface area (Å²) in [4.78, 5) is 20.6. The lowest BCUT2D eigenvalue weighted by atomic mass is 10.2. The van der Waals surface area contributed by atoms with E-state index in [0.717, 1.165) is 6.42 Å². The topological polar surface area (TPSA) is 128 Å². The van der Waals surface area contributed by atoms with Crippen LogP contribution in [0.2, 0.25) is 0 Å². The van der Waals surface area contributed by atoms with Crippen molar-refractivity contribution in [3.63, 3.8) is 0 Å². The molecule has 0 aliphatic rings. The molecule has 0 saturated carbocycles. The molecular formula is C24H35N5O6S. The van der Waals surface area contributed by atoms with Crippen LogP contribution in [0.3, 0.4) is 0 Å². The predicted molar refractivity (Wildman–Crippen MR) is 136 cm³/mol. The van der Waals surface area contributed by atoms with Crippen molar-refractivity contribution in [3.05, 3.63) is 40.1 Å². The van der Waals surface area contributed by atoms with Crippen molar-refractivity contribution >= 4 is 15.5 Å². The molecule has 0 aliphatic carbocycles. The Morgan fingerprint density at radius 1 is 1.08 bits per heavy atom. The molecule has 1 aromatic carbocycles. The summed E-state index contributed by atoms with van der Waals surface area (Å²) in [6.45, 7) is 6.95. The molecule has 0 radical (unpaired) electrons. The molecular weight excluding hydrogens is 486 g/mol. The standard InChI is InChI=1S/C24H35N5O6S/c1-6-9-21-25-19(7-2)22-24(30)26-23(27-29(21)22)18-16-17(10-11-20(18)35-8-3)36(31,32)28(12-14-33-4)13-15-34-5/h10-11,16H,6-9,12-15H2,1-5H3,(H,26,27,30). The first-order valence-corrected chi connectivity index (χ1v) is 13.5. The lowest BCUT2D eigenvalue weighted by molar-refractivity contribution is 0.150. The fraction of sp³-hybridized carbons (Fsp3) is 0.542. The van der Waals surface area contributed by atoms with Crippen LogP contribution in [0.25, 0.3) is 16.9 Å². The van der Waals surface area contributed by atoms with Crippen molar-refractivity contribution in [2.45, 2.75) is 44.9 Å². The highest BCUT2D eigenvalue weighted by Gasteiger charge is 2.26. The van der Waals surface area contributed by atoms with Crippen molar-refractivity contribution < 1.29 is 22.6 Å². The number of aromatic nitrogens is 4. The first-order chi connectivity index (χ1) is 17.3. The van der Waals surface area contributed by atoms with Crippen LogP contribution in [-0.2, 0) is 32.3 Å². The highest BCUT2D eigenvalue weighted by Crippen LogP contribution is 2.31. The van der Waals surface area contributed by atoms with Crippen molar-refractivity contribution in [1.29, 1.82) is 0 Å². The zero-order valence-electron chi connectivity index (χ0n) is 21.5. The molecule has 3 rings (SSSR count). The van der Waals surface area contributed by atoms with Gasteiger partial charge in [-0.3, -0.25) is 4.79 Å². The van der Waals surface area contributed by atoms with Gasteiger partial charge in [0.05, 0.1) is 36.0 Å². The molecule has 0 atom stereocenters. The fourth-order valence-electron chi connectivity index (χ4n) is 3.91. The van der Waals surface area contributed by atoms with Crippen molar-refractivity contribution in [3.8, 4) is 17.1 Å². The van der Waals surface area contributed by atoms with Gasteiger partial charge in [-0.2, -0.15) is 4.31 Å². The highest BCUT2D eigenvalue weighted by molar-refractivity contribution is 7.89. The van der Waals surface area contributed by atoms with Crippen LogP contribution in [0.5, 0.6) is 5.75 Å². The second-order valence-electron chi connectivity index (χ2n) is 8.12. The van der Waals surface area contributed by atoms with E-state index >= 15 is 0 Å². The smallest absolute Gasteiger partial charge is 0.277 e. The molecule has 198 valence electrons. The molecule has 0 fully saturated rings. The number of benzene rings is 1. The van der Waals surface area contributed by atoms with Gasteiger partial charge in [-0.1, -0.05) is 13.8 Å². The van der Waals surface area contributed by atoms with Gasteiger partial charge in [-0.15, -0.1) is 5.10 Å². The van der Waals surface area contributed by atoms with Crippen molar-refractivity contribution in [1.82, 2.24) is 23.9 Å². The van der Waals surface area contributed by atoms with Crippen LogP contribution < -0.4 is 10.3 Å². The summed E-state index contributed by atoms with van der Waals surface area (Å²) in [5, 5.41) is 4.67. The number of nitrogens with one attached hydrogen (secondary N) is 1. The Hall–Kier alpha value is -2.80. The molecule has 1 N–H and O–H groups in total. The summed E-state index contributed by atoms with van der Waals surface area (Å²) < 4.78 is 45.9. The number of aryl methyl sites for hydroxylation is 2. The quantitative estimate of drug-likeness (QED) is 0.342. The lowest BCUT2D eigenvalue weighted by Gasteiger charge is -2.22. The summed E-state index contributed by atoms with van der Waals surface area (Å²) in [6.07, 6.45) is 2.08. The van der Waals surface area contributed by atoms with Crippen LogP contribution in [0, 0.1) is 0 Å². The van der Waals surface area contributed by atoms with Gasteiger partial charge in [0, 0.05) is 33.7 Å². The van der Waals surface area contributed by atoms with Crippen molar-refractivity contribution in [2.24, 2.45) is 0 Å². The number of rotatable bonds is 14. The third-order valence-corrected chi connectivity index (χ3v) is 7.58. The van der Waals surface area contributed by atoms with Crippen LogP contribution in [0.1, 0.15) is 38.7 Å². The molecule has 0 bridgehead atoms. The average molecular weight is 522 g/mol. The number of fused-ring (bicyclic) bond motifs is 1. The van der Waals surface area contributed by atoms with Gasteiger partial charge >= 0.3 is 0 Å². The molecule has 12 heteroatoms. The van der Waals surface area contributed by atoms with Crippen molar-refractivity contribution in [2.75, 3.05) is 47.1 Å². The molecule has 2 aromatic heterocycles. The van der Waals surface area contributed by atoms with Gasteiger partial charge < -0.3 is 19.2 Å². The van der Waals surface area contributed by atoms with Gasteiger partial charge in [0.25, 0.3) is 5.56 Å². The summed E-state index contributed by atoms with van der Waals surface area (Å²) in [7, 11) is -0.868. The van der Waals surface area contributed by atoms with E-state index in [-0.39, 0.29) is 42.6 Å². The monoisotopic (exact) mass is 521 g/mol. The van der Waals surface area contributed by atoms with Gasteiger partial charge in [0.15, 0.2) is 11.3 Å². The predicted octanol–water partition coefficient (Wildman–Crippen LogP) is 2.28. The van der Waals surface area contributed by atoms with Gasteiger partial charge in [0.1, 0.15) is 11.6 Å². The Labute approximate surface area is 211 Å². The van der Waals surface area contributed by atoms with E-state index in [0.29, 0.717) is 47.8 Å². The molecule has 11 nitrogen and oxygen atoms in total. The van der Waals surface area contributed by atoms with Gasteiger partial charge in [0.2, 0.25) is 10.0 Å². The minimum atomic E-state index is -3.90.